The van der Waals surface area contributed by atoms with Gasteiger partial charge in [0.05, 0.1) is 24.8 Å². The monoisotopic (exact) mass is 465 g/mol. The number of rotatable bonds is 5. The number of hydrogen-bond donors (Lipinski definition) is 2. The fraction of sp³-hybridized carbons (Fsp3) is 0.588. The van der Waals surface area contributed by atoms with E-state index < -0.39 is 0 Å². The largest absolute Gasteiger partial charge is 0.373 e. The molecule has 2 N–H and O–H groups in total. The van der Waals surface area contributed by atoms with Crippen LogP contribution in [0.25, 0.3) is 0 Å². The molecule has 2 bridgehead atoms. The lowest BCUT2D eigenvalue weighted by molar-refractivity contribution is 0.0992. The molecule has 4 nitrogen and oxygen atoms in total. The topological polar surface area (TPSA) is 45.7 Å². The number of hydrogen-bond acceptors (Lipinski definition) is 3. The van der Waals surface area contributed by atoms with Crippen molar-refractivity contribution in [2.45, 2.75) is 55.9 Å². The summed E-state index contributed by atoms with van der Waals surface area (Å²) in [5, 5.41) is 6.76. The Balaban J connectivity index is 0.00000208. The van der Waals surface area contributed by atoms with Crippen LogP contribution in [0.15, 0.2) is 28.1 Å². The van der Waals surface area contributed by atoms with Gasteiger partial charge in [-0.15, -0.1) is 35.7 Å². The normalized spacial score (nSPS) is 25.5. The minimum absolute atomic E-state index is 0. The molecule has 134 valence electrons. The summed E-state index contributed by atoms with van der Waals surface area (Å²) in [7, 11) is 0. The third-order valence-electron chi connectivity index (χ3n) is 4.42. The number of nitrogens with one attached hydrogen (secondary N) is 2. The first-order chi connectivity index (χ1) is 11.2. The Bertz CT molecular complexity index is 587. The third kappa shape index (κ3) is 4.76. The molecule has 0 radical (unpaired) electrons. The molecule has 3 rings (SSSR count). The summed E-state index contributed by atoms with van der Waals surface area (Å²) < 4.78 is 19.4. The minimum atomic E-state index is -0.215. The van der Waals surface area contributed by atoms with E-state index >= 15 is 0 Å². The zero-order valence-electron chi connectivity index (χ0n) is 14.0. The second-order valence-electron chi connectivity index (χ2n) is 6.01. The Morgan fingerprint density at radius 3 is 2.88 bits per heavy atom. The first kappa shape index (κ1) is 19.8. The van der Waals surface area contributed by atoms with Crippen LogP contribution in [-0.4, -0.2) is 37.0 Å². The SMILES string of the molecule is CCNC(=NCc1cc(F)ccc1SC)NC1CC2CCC1O2.I. The second kappa shape index (κ2) is 9.24. The smallest absolute Gasteiger partial charge is 0.191 e. The van der Waals surface area contributed by atoms with E-state index in [-0.39, 0.29) is 29.8 Å². The van der Waals surface area contributed by atoms with Gasteiger partial charge in [-0.2, -0.15) is 0 Å². The molecular weight excluding hydrogens is 440 g/mol. The fourth-order valence-electron chi connectivity index (χ4n) is 3.32. The lowest BCUT2D eigenvalue weighted by Gasteiger charge is -2.22. The average molecular weight is 465 g/mol. The maximum absolute atomic E-state index is 13.5. The molecule has 2 fully saturated rings. The lowest BCUT2D eigenvalue weighted by atomic mass is 9.96. The summed E-state index contributed by atoms with van der Waals surface area (Å²) >= 11 is 1.62. The molecule has 0 aromatic heterocycles. The fourth-order valence-corrected chi connectivity index (χ4v) is 3.91. The van der Waals surface area contributed by atoms with Crippen molar-refractivity contribution in [3.8, 4) is 0 Å². The Kier molecular flexibility index (Phi) is 7.61. The predicted molar refractivity (Wildman–Crippen MR) is 108 cm³/mol. The Morgan fingerprint density at radius 2 is 2.25 bits per heavy atom. The number of nitrogens with zero attached hydrogens (tertiary/aromatic N) is 1. The molecule has 24 heavy (non-hydrogen) atoms. The third-order valence-corrected chi connectivity index (χ3v) is 5.26. The van der Waals surface area contributed by atoms with Crippen molar-refractivity contribution in [1.29, 1.82) is 0 Å². The standard InChI is InChI=1S/C17H24FN3OS.HI/c1-3-19-17(21-14-9-13-5-6-15(14)22-13)20-10-11-8-12(18)4-7-16(11)23-2;/h4,7-8,13-15H,3,5-6,9-10H2,1-2H3,(H2,19,20,21);1H. The summed E-state index contributed by atoms with van der Waals surface area (Å²) in [4.78, 5) is 5.70. The molecule has 1 aromatic rings. The zero-order valence-corrected chi connectivity index (χ0v) is 17.2. The molecule has 1 aromatic carbocycles. The van der Waals surface area contributed by atoms with Crippen LogP contribution in [0.2, 0.25) is 0 Å². The predicted octanol–water partition coefficient (Wildman–Crippen LogP) is 3.54. The van der Waals surface area contributed by atoms with Crippen molar-refractivity contribution in [2.75, 3.05) is 12.8 Å². The van der Waals surface area contributed by atoms with Crippen molar-refractivity contribution in [1.82, 2.24) is 10.6 Å². The maximum atomic E-state index is 13.5. The van der Waals surface area contributed by atoms with Gasteiger partial charge in [-0.25, -0.2) is 9.38 Å². The molecule has 3 unspecified atom stereocenters. The highest BCUT2D eigenvalue weighted by Crippen LogP contribution is 2.34. The Labute approximate surface area is 164 Å². The first-order valence-corrected chi connectivity index (χ1v) is 9.44. The molecule has 2 heterocycles. The molecule has 0 saturated carbocycles. The molecule has 2 aliphatic heterocycles. The van der Waals surface area contributed by atoms with Crippen molar-refractivity contribution in [3.63, 3.8) is 0 Å². The molecule has 0 spiro atoms. The van der Waals surface area contributed by atoms with Crippen LogP contribution in [0, 0.1) is 5.82 Å². The van der Waals surface area contributed by atoms with Gasteiger partial charge in [0.2, 0.25) is 0 Å². The van der Waals surface area contributed by atoms with Gasteiger partial charge in [0.25, 0.3) is 0 Å². The van der Waals surface area contributed by atoms with Gasteiger partial charge in [-0.05, 0) is 56.2 Å². The highest BCUT2D eigenvalue weighted by molar-refractivity contribution is 14.0. The van der Waals surface area contributed by atoms with E-state index in [1.807, 2.05) is 19.2 Å². The molecule has 2 saturated heterocycles. The quantitative estimate of drug-likeness (QED) is 0.302. The Morgan fingerprint density at radius 1 is 1.42 bits per heavy atom. The van der Waals surface area contributed by atoms with Crippen LogP contribution in [0.5, 0.6) is 0 Å². The van der Waals surface area contributed by atoms with E-state index in [1.54, 1.807) is 17.8 Å². The number of aliphatic imine (C=N–C) groups is 1. The molecule has 2 aliphatic rings. The summed E-state index contributed by atoms with van der Waals surface area (Å²) in [5.74, 6) is 0.567. The number of thioether (sulfide) groups is 1. The van der Waals surface area contributed by atoms with Gasteiger partial charge >= 0.3 is 0 Å². The maximum Gasteiger partial charge on any atom is 0.191 e. The van der Waals surface area contributed by atoms with E-state index in [4.69, 9.17) is 4.74 Å². The van der Waals surface area contributed by atoms with Gasteiger partial charge in [0.15, 0.2) is 5.96 Å². The summed E-state index contributed by atoms with van der Waals surface area (Å²) in [6.45, 7) is 3.31. The Hall–Kier alpha value is -0.540. The average Bonchev–Trinajstić information content (AvgIpc) is 3.16. The molecule has 0 amide bonds. The van der Waals surface area contributed by atoms with Crippen LogP contribution in [0.3, 0.4) is 0 Å². The van der Waals surface area contributed by atoms with Crippen molar-refractivity contribution in [2.24, 2.45) is 4.99 Å². The van der Waals surface area contributed by atoms with Crippen molar-refractivity contribution >= 4 is 41.7 Å². The molecule has 0 aliphatic carbocycles. The van der Waals surface area contributed by atoms with Gasteiger partial charge in [0, 0.05) is 11.4 Å². The number of benzene rings is 1. The first-order valence-electron chi connectivity index (χ1n) is 8.22. The van der Waals surface area contributed by atoms with E-state index in [0.29, 0.717) is 24.8 Å². The van der Waals surface area contributed by atoms with Crippen LogP contribution in [0.4, 0.5) is 4.39 Å². The summed E-state index contributed by atoms with van der Waals surface area (Å²) in [6, 6.07) is 5.21. The molecule has 7 heteroatoms. The number of ether oxygens (including phenoxy) is 1. The highest BCUT2D eigenvalue weighted by atomic mass is 127. The minimum Gasteiger partial charge on any atom is -0.373 e. The van der Waals surface area contributed by atoms with Gasteiger partial charge in [0.1, 0.15) is 5.82 Å². The summed E-state index contributed by atoms with van der Waals surface area (Å²) in [5.41, 5.74) is 0.916. The number of halogens is 2. The van der Waals surface area contributed by atoms with Crippen molar-refractivity contribution < 1.29 is 9.13 Å². The number of fused-ring (bicyclic) bond motifs is 2. The summed E-state index contributed by atoms with van der Waals surface area (Å²) in [6.07, 6.45) is 6.06. The van der Waals surface area contributed by atoms with Crippen LogP contribution in [-0.2, 0) is 11.3 Å². The van der Waals surface area contributed by atoms with E-state index in [1.165, 1.54) is 12.5 Å². The van der Waals surface area contributed by atoms with Crippen molar-refractivity contribution in [3.05, 3.63) is 29.6 Å². The molecule has 3 atom stereocenters. The van der Waals surface area contributed by atoms with Gasteiger partial charge in [-0.3, -0.25) is 0 Å². The van der Waals surface area contributed by atoms with Gasteiger partial charge < -0.3 is 15.4 Å². The highest BCUT2D eigenvalue weighted by Gasteiger charge is 2.41. The van der Waals surface area contributed by atoms with E-state index in [2.05, 4.69) is 15.6 Å². The second-order valence-corrected chi connectivity index (χ2v) is 6.86. The van der Waals surface area contributed by atoms with Gasteiger partial charge in [-0.1, -0.05) is 0 Å². The van der Waals surface area contributed by atoms with E-state index in [9.17, 15) is 4.39 Å². The van der Waals surface area contributed by atoms with Crippen LogP contribution >= 0.6 is 35.7 Å². The van der Waals surface area contributed by atoms with E-state index in [0.717, 1.165) is 35.8 Å². The van der Waals surface area contributed by atoms with Crippen LogP contribution in [0.1, 0.15) is 31.7 Å². The molecular formula is C17H25FIN3OS. The zero-order chi connectivity index (χ0) is 16.2. The van der Waals surface area contributed by atoms with Crippen LogP contribution < -0.4 is 10.6 Å². The number of guanidine groups is 1. The lowest BCUT2D eigenvalue weighted by Crippen LogP contribution is -2.47.